The molecule has 17 heavy (non-hydrogen) atoms. The lowest BCUT2D eigenvalue weighted by Gasteiger charge is -1.95. The minimum Gasteiger partial charge on any atom is -0.380 e. The normalized spacial score (nSPS) is 11.9. The largest absolute Gasteiger partial charge is 0.380 e. The summed E-state index contributed by atoms with van der Waals surface area (Å²) in [6, 6.07) is 11.0. The minimum absolute atomic E-state index is 0.276. The van der Waals surface area contributed by atoms with Crippen molar-refractivity contribution in [3.63, 3.8) is 0 Å². The SMILES string of the molecule is N/C(=N/N=C/c1ccccn1)c1ccccn1. The van der Waals surface area contributed by atoms with Gasteiger partial charge in [0.15, 0.2) is 5.84 Å². The van der Waals surface area contributed by atoms with E-state index in [1.165, 1.54) is 6.21 Å². The molecule has 0 bridgehead atoms. The van der Waals surface area contributed by atoms with Crippen LogP contribution in [0, 0.1) is 0 Å². The Morgan fingerprint density at radius 1 is 1.06 bits per heavy atom. The summed E-state index contributed by atoms with van der Waals surface area (Å²) in [5.41, 5.74) is 7.04. The Morgan fingerprint density at radius 3 is 2.47 bits per heavy atom. The third-order valence-corrected chi connectivity index (χ3v) is 1.97. The monoisotopic (exact) mass is 225 g/mol. The van der Waals surface area contributed by atoms with Crippen LogP contribution >= 0.6 is 0 Å². The molecule has 0 saturated heterocycles. The van der Waals surface area contributed by atoms with Crippen LogP contribution in [-0.4, -0.2) is 22.0 Å². The number of hydrogen-bond donors (Lipinski definition) is 1. The van der Waals surface area contributed by atoms with Gasteiger partial charge in [-0.05, 0) is 24.3 Å². The predicted octanol–water partition coefficient (Wildman–Crippen LogP) is 1.22. The highest BCUT2D eigenvalue weighted by Gasteiger charge is 1.96. The van der Waals surface area contributed by atoms with Crippen molar-refractivity contribution in [2.75, 3.05) is 0 Å². The molecule has 0 radical (unpaired) electrons. The van der Waals surface area contributed by atoms with Gasteiger partial charge in [0, 0.05) is 12.4 Å². The zero-order chi connectivity index (χ0) is 11.9. The quantitative estimate of drug-likeness (QED) is 0.484. The maximum Gasteiger partial charge on any atom is 0.171 e. The van der Waals surface area contributed by atoms with Crippen molar-refractivity contribution in [3.05, 3.63) is 60.2 Å². The third kappa shape index (κ3) is 3.20. The Labute approximate surface area is 98.8 Å². The summed E-state index contributed by atoms with van der Waals surface area (Å²) in [5.74, 6) is 0.276. The molecule has 5 nitrogen and oxygen atoms in total. The van der Waals surface area contributed by atoms with Crippen LogP contribution in [0.3, 0.4) is 0 Å². The van der Waals surface area contributed by atoms with Crippen molar-refractivity contribution in [2.45, 2.75) is 0 Å². The Balaban J connectivity index is 2.09. The molecule has 2 rings (SSSR count). The van der Waals surface area contributed by atoms with Crippen molar-refractivity contribution in [2.24, 2.45) is 15.9 Å². The molecule has 0 aromatic carbocycles. The second-order valence-electron chi connectivity index (χ2n) is 3.20. The maximum atomic E-state index is 5.71. The van der Waals surface area contributed by atoms with Gasteiger partial charge in [0.1, 0.15) is 5.69 Å². The van der Waals surface area contributed by atoms with Gasteiger partial charge in [-0.25, -0.2) is 0 Å². The summed E-state index contributed by atoms with van der Waals surface area (Å²) in [5, 5.41) is 7.70. The van der Waals surface area contributed by atoms with Gasteiger partial charge in [0.2, 0.25) is 0 Å². The van der Waals surface area contributed by atoms with Gasteiger partial charge in [0.05, 0.1) is 11.9 Å². The Bertz CT molecular complexity index is 519. The summed E-state index contributed by atoms with van der Waals surface area (Å²) in [4.78, 5) is 8.13. The van der Waals surface area contributed by atoms with Crippen LogP contribution in [0.15, 0.2) is 59.0 Å². The molecule has 0 fully saturated rings. The molecule has 5 heteroatoms. The van der Waals surface area contributed by atoms with Gasteiger partial charge in [-0.2, -0.15) is 5.10 Å². The van der Waals surface area contributed by atoms with Crippen molar-refractivity contribution in [1.82, 2.24) is 9.97 Å². The first-order valence-corrected chi connectivity index (χ1v) is 5.05. The number of amidine groups is 1. The standard InChI is InChI=1S/C12H11N5/c13-12(11-6-2-4-8-15-11)17-16-9-10-5-1-3-7-14-10/h1-9H,(H2,13,17)/b16-9+. The Hall–Kier alpha value is -2.56. The molecule has 0 aliphatic heterocycles. The van der Waals surface area contributed by atoms with E-state index in [0.717, 1.165) is 5.69 Å². The van der Waals surface area contributed by atoms with Crippen LogP contribution in [-0.2, 0) is 0 Å². The second kappa shape index (κ2) is 5.50. The molecule has 0 saturated carbocycles. The molecule has 0 spiro atoms. The summed E-state index contributed by atoms with van der Waals surface area (Å²) in [6.45, 7) is 0. The van der Waals surface area contributed by atoms with E-state index in [0.29, 0.717) is 5.69 Å². The Morgan fingerprint density at radius 2 is 1.82 bits per heavy atom. The summed E-state index contributed by atoms with van der Waals surface area (Å²) in [7, 11) is 0. The number of pyridine rings is 2. The number of rotatable bonds is 3. The number of nitrogens with zero attached hydrogens (tertiary/aromatic N) is 4. The second-order valence-corrected chi connectivity index (χ2v) is 3.20. The van der Waals surface area contributed by atoms with Crippen LogP contribution in [0.5, 0.6) is 0 Å². The molecule has 84 valence electrons. The topological polar surface area (TPSA) is 76.5 Å². The lowest BCUT2D eigenvalue weighted by Crippen LogP contribution is -2.14. The number of aromatic nitrogens is 2. The fraction of sp³-hybridized carbons (Fsp3) is 0. The highest BCUT2D eigenvalue weighted by Crippen LogP contribution is 1.93. The zero-order valence-electron chi connectivity index (χ0n) is 9.06. The van der Waals surface area contributed by atoms with Gasteiger partial charge in [0.25, 0.3) is 0 Å². The van der Waals surface area contributed by atoms with Crippen molar-refractivity contribution in [3.8, 4) is 0 Å². The van der Waals surface area contributed by atoms with Crippen LogP contribution < -0.4 is 5.73 Å². The first kappa shape index (κ1) is 10.9. The summed E-state index contributed by atoms with van der Waals surface area (Å²) < 4.78 is 0. The van der Waals surface area contributed by atoms with Gasteiger partial charge < -0.3 is 5.73 Å². The zero-order valence-corrected chi connectivity index (χ0v) is 9.06. The van der Waals surface area contributed by atoms with E-state index in [4.69, 9.17) is 5.73 Å². The summed E-state index contributed by atoms with van der Waals surface area (Å²) in [6.07, 6.45) is 4.88. The minimum atomic E-state index is 0.276. The van der Waals surface area contributed by atoms with E-state index in [9.17, 15) is 0 Å². The molecule has 2 N–H and O–H groups in total. The van der Waals surface area contributed by atoms with E-state index in [1.807, 2.05) is 30.3 Å². The average Bonchev–Trinajstić information content (AvgIpc) is 2.41. The lowest BCUT2D eigenvalue weighted by molar-refractivity contribution is 1.19. The molecule has 0 amide bonds. The molecule has 0 unspecified atom stereocenters. The number of nitrogens with two attached hydrogens (primary N) is 1. The lowest BCUT2D eigenvalue weighted by atomic mass is 10.3. The fourth-order valence-electron chi connectivity index (χ4n) is 1.17. The maximum absolute atomic E-state index is 5.71. The van der Waals surface area contributed by atoms with Gasteiger partial charge in [-0.15, -0.1) is 5.10 Å². The molecule has 2 aromatic heterocycles. The van der Waals surface area contributed by atoms with Crippen LogP contribution in [0.4, 0.5) is 0 Å². The summed E-state index contributed by atoms with van der Waals surface area (Å²) >= 11 is 0. The Kier molecular flexibility index (Phi) is 3.54. The van der Waals surface area contributed by atoms with E-state index in [-0.39, 0.29) is 5.84 Å². The first-order chi connectivity index (χ1) is 8.36. The molecule has 0 atom stereocenters. The number of hydrogen-bond acceptors (Lipinski definition) is 4. The van der Waals surface area contributed by atoms with Crippen molar-refractivity contribution >= 4 is 12.1 Å². The fourth-order valence-corrected chi connectivity index (χ4v) is 1.17. The smallest absolute Gasteiger partial charge is 0.171 e. The molecule has 2 aromatic rings. The highest BCUT2D eigenvalue weighted by atomic mass is 15.2. The van der Waals surface area contributed by atoms with E-state index < -0.39 is 0 Å². The average molecular weight is 225 g/mol. The highest BCUT2D eigenvalue weighted by molar-refractivity contribution is 5.95. The molecule has 0 aliphatic carbocycles. The van der Waals surface area contributed by atoms with Gasteiger partial charge in [-0.1, -0.05) is 12.1 Å². The van der Waals surface area contributed by atoms with Gasteiger partial charge in [-0.3, -0.25) is 9.97 Å². The third-order valence-electron chi connectivity index (χ3n) is 1.97. The van der Waals surface area contributed by atoms with E-state index >= 15 is 0 Å². The van der Waals surface area contributed by atoms with Gasteiger partial charge >= 0.3 is 0 Å². The van der Waals surface area contributed by atoms with Crippen LogP contribution in [0.1, 0.15) is 11.4 Å². The molecule has 0 aliphatic rings. The van der Waals surface area contributed by atoms with E-state index in [1.54, 1.807) is 18.5 Å². The van der Waals surface area contributed by atoms with Crippen LogP contribution in [0.25, 0.3) is 0 Å². The molecule has 2 heterocycles. The van der Waals surface area contributed by atoms with Crippen molar-refractivity contribution < 1.29 is 0 Å². The molecular formula is C12H11N5. The first-order valence-electron chi connectivity index (χ1n) is 5.05. The van der Waals surface area contributed by atoms with Crippen molar-refractivity contribution in [1.29, 1.82) is 0 Å². The predicted molar refractivity (Wildman–Crippen MR) is 66.8 cm³/mol. The molecular weight excluding hydrogens is 214 g/mol. The van der Waals surface area contributed by atoms with Crippen LogP contribution in [0.2, 0.25) is 0 Å². The van der Waals surface area contributed by atoms with E-state index in [2.05, 4.69) is 20.2 Å².